The molecule has 2 N–H and O–H groups in total. The molecule has 5 heteroatoms. The second-order valence-corrected chi connectivity index (χ2v) is 15.2. The monoisotopic (exact) mass is 514 g/mol. The van der Waals surface area contributed by atoms with Gasteiger partial charge in [-0.3, -0.25) is 9.59 Å². The van der Waals surface area contributed by atoms with Gasteiger partial charge in [0.05, 0.1) is 11.5 Å². The molecular weight excluding hydrogens is 464 g/mol. The van der Waals surface area contributed by atoms with Gasteiger partial charge in [-0.2, -0.15) is 0 Å². The molecule has 0 aromatic heterocycles. The van der Waals surface area contributed by atoms with E-state index in [1.165, 1.54) is 12.5 Å². The minimum Gasteiger partial charge on any atom is -0.481 e. The Labute approximate surface area is 223 Å². The van der Waals surface area contributed by atoms with Crippen LogP contribution in [0, 0.1) is 56.7 Å². The SMILES string of the molecule is CC(=O)O[C@@H]1C[C@]2(C)[C@H]3CC=C4[C@@H]5[C@@H](C)[C@H](C)CC[C@]5(C(=O)O)CC[C@@]4(C)[C@]3(C)CC[C@H]2C(C)(C)[C@@H]1O. The lowest BCUT2D eigenvalue weighted by atomic mass is 9.33. The van der Waals surface area contributed by atoms with E-state index in [1.807, 2.05) is 0 Å². The molecule has 0 aromatic carbocycles. The van der Waals surface area contributed by atoms with E-state index in [1.54, 1.807) is 0 Å². The third-order valence-electron chi connectivity index (χ3n) is 13.7. The number of ether oxygens (including phenoxy) is 1. The van der Waals surface area contributed by atoms with Crippen LogP contribution in [0.5, 0.6) is 0 Å². The van der Waals surface area contributed by atoms with Crippen molar-refractivity contribution in [1.82, 2.24) is 0 Å². The van der Waals surface area contributed by atoms with Crippen LogP contribution < -0.4 is 0 Å². The summed E-state index contributed by atoms with van der Waals surface area (Å²) >= 11 is 0. The van der Waals surface area contributed by atoms with Gasteiger partial charge >= 0.3 is 11.9 Å². The van der Waals surface area contributed by atoms with Gasteiger partial charge < -0.3 is 14.9 Å². The lowest BCUT2D eigenvalue weighted by Crippen LogP contribution is -2.67. The standard InChI is InChI=1S/C32H50O5/c1-18-11-14-32(27(35)36)16-15-30(7)21(25(32)19(18)2)9-10-24-29(6)17-22(37-20(3)33)26(34)28(4,5)23(29)12-13-31(24,30)8/h9,18-19,22-26,34H,10-17H2,1-8H3,(H,35,36)/t18-,19+,22-,23+,24-,25+,26-,29+,30-,31-,32+/m1/s1. The van der Waals surface area contributed by atoms with Crippen LogP contribution in [-0.2, 0) is 14.3 Å². The first kappa shape index (κ1) is 27.2. The molecule has 0 spiro atoms. The number of carboxylic acid groups (broad SMARTS) is 1. The highest BCUT2D eigenvalue weighted by atomic mass is 16.6. The summed E-state index contributed by atoms with van der Waals surface area (Å²) in [6, 6.07) is 0. The first-order chi connectivity index (χ1) is 17.1. The van der Waals surface area contributed by atoms with Crippen LogP contribution in [0.4, 0.5) is 0 Å². The van der Waals surface area contributed by atoms with Crippen LogP contribution in [0.1, 0.15) is 107 Å². The third kappa shape index (κ3) is 3.37. The fourth-order valence-corrected chi connectivity index (χ4v) is 11.3. The molecule has 4 saturated carbocycles. The Morgan fingerprint density at radius 3 is 2.27 bits per heavy atom. The Morgan fingerprint density at radius 1 is 0.973 bits per heavy atom. The van der Waals surface area contributed by atoms with Crippen molar-refractivity contribution in [2.75, 3.05) is 0 Å². The van der Waals surface area contributed by atoms with E-state index in [0.717, 1.165) is 44.9 Å². The van der Waals surface area contributed by atoms with Crippen LogP contribution in [0.25, 0.3) is 0 Å². The number of carbonyl (C=O) groups excluding carboxylic acids is 1. The average Bonchev–Trinajstić information content (AvgIpc) is 2.79. The zero-order chi connectivity index (χ0) is 27.3. The minimum atomic E-state index is -0.667. The Balaban J connectivity index is 1.61. The van der Waals surface area contributed by atoms with Crippen LogP contribution in [-0.4, -0.2) is 34.4 Å². The number of allylic oxidation sites excluding steroid dienone is 2. The van der Waals surface area contributed by atoms with Crippen molar-refractivity contribution in [2.24, 2.45) is 56.7 Å². The van der Waals surface area contributed by atoms with Crippen molar-refractivity contribution in [3.63, 3.8) is 0 Å². The molecule has 5 aliphatic carbocycles. The second-order valence-electron chi connectivity index (χ2n) is 15.2. The Hall–Kier alpha value is -1.36. The average molecular weight is 515 g/mol. The van der Waals surface area contributed by atoms with Crippen molar-refractivity contribution in [3.05, 3.63) is 11.6 Å². The van der Waals surface area contributed by atoms with Gasteiger partial charge in [-0.25, -0.2) is 0 Å². The van der Waals surface area contributed by atoms with E-state index in [0.29, 0.717) is 30.1 Å². The normalized spacial score (nSPS) is 52.5. The van der Waals surface area contributed by atoms with Gasteiger partial charge in [-0.15, -0.1) is 0 Å². The molecule has 11 atom stereocenters. The lowest BCUT2D eigenvalue weighted by molar-refractivity contribution is -0.238. The molecule has 0 amide bonds. The molecule has 0 heterocycles. The summed E-state index contributed by atoms with van der Waals surface area (Å²) in [5, 5.41) is 21.9. The topological polar surface area (TPSA) is 83.8 Å². The van der Waals surface area contributed by atoms with E-state index >= 15 is 0 Å². The Morgan fingerprint density at radius 2 is 1.65 bits per heavy atom. The molecular formula is C32H50O5. The molecule has 5 rings (SSSR count). The predicted molar refractivity (Wildman–Crippen MR) is 144 cm³/mol. The summed E-state index contributed by atoms with van der Waals surface area (Å²) in [5.41, 5.74) is 0.375. The highest BCUT2D eigenvalue weighted by Gasteiger charge is 2.70. The van der Waals surface area contributed by atoms with Crippen molar-refractivity contribution in [3.8, 4) is 0 Å². The molecule has 37 heavy (non-hydrogen) atoms. The second kappa shape index (κ2) is 8.32. The molecule has 0 unspecified atom stereocenters. The Bertz CT molecular complexity index is 1010. The lowest BCUT2D eigenvalue weighted by Gasteiger charge is -2.71. The van der Waals surface area contributed by atoms with Crippen LogP contribution in [0.3, 0.4) is 0 Å². The van der Waals surface area contributed by atoms with Gasteiger partial charge in [0.1, 0.15) is 6.10 Å². The third-order valence-corrected chi connectivity index (χ3v) is 13.7. The van der Waals surface area contributed by atoms with Gasteiger partial charge in [0, 0.05) is 6.92 Å². The Kier molecular flexibility index (Phi) is 6.12. The number of aliphatic hydroxyl groups excluding tert-OH is 1. The molecule has 0 bridgehead atoms. The molecule has 4 fully saturated rings. The summed E-state index contributed by atoms with van der Waals surface area (Å²) < 4.78 is 5.76. The predicted octanol–water partition coefficient (Wildman–Crippen LogP) is 6.63. The van der Waals surface area contributed by atoms with Crippen molar-refractivity contribution < 1.29 is 24.5 Å². The first-order valence-electron chi connectivity index (χ1n) is 14.9. The molecule has 0 aliphatic heterocycles. The highest BCUT2D eigenvalue weighted by molar-refractivity contribution is 5.76. The number of carboxylic acids is 1. The van der Waals surface area contributed by atoms with E-state index in [9.17, 15) is 19.8 Å². The zero-order valence-electron chi connectivity index (χ0n) is 24.4. The molecule has 5 aliphatic rings. The summed E-state index contributed by atoms with van der Waals surface area (Å²) in [6.07, 6.45) is 8.59. The van der Waals surface area contributed by atoms with Crippen molar-refractivity contribution in [1.29, 1.82) is 0 Å². The van der Waals surface area contributed by atoms with Gasteiger partial charge in [-0.1, -0.05) is 60.1 Å². The molecule has 0 saturated heterocycles. The maximum Gasteiger partial charge on any atom is 0.310 e. The number of hydrogen-bond donors (Lipinski definition) is 2. The van der Waals surface area contributed by atoms with E-state index in [2.05, 4.69) is 54.5 Å². The fraction of sp³-hybridized carbons (Fsp3) is 0.875. The van der Waals surface area contributed by atoms with Gasteiger partial charge in [0.25, 0.3) is 0 Å². The van der Waals surface area contributed by atoms with Gasteiger partial charge in [-0.05, 0) is 103 Å². The molecule has 0 aromatic rings. The first-order valence-corrected chi connectivity index (χ1v) is 14.9. The highest BCUT2D eigenvalue weighted by Crippen LogP contribution is 2.75. The van der Waals surface area contributed by atoms with Crippen LogP contribution in [0.15, 0.2) is 11.6 Å². The van der Waals surface area contributed by atoms with Crippen LogP contribution in [0.2, 0.25) is 0 Å². The minimum absolute atomic E-state index is 0.0343. The fourth-order valence-electron chi connectivity index (χ4n) is 11.3. The number of rotatable bonds is 2. The van der Waals surface area contributed by atoms with Gasteiger partial charge in [0.2, 0.25) is 0 Å². The number of aliphatic carboxylic acids is 1. The number of carbonyl (C=O) groups is 2. The maximum atomic E-state index is 12.9. The quantitative estimate of drug-likeness (QED) is 0.319. The summed E-state index contributed by atoms with van der Waals surface area (Å²) in [4.78, 5) is 24.9. The van der Waals surface area contributed by atoms with E-state index < -0.39 is 23.6 Å². The largest absolute Gasteiger partial charge is 0.481 e. The summed E-state index contributed by atoms with van der Waals surface area (Å²) in [6.45, 7) is 17.7. The van der Waals surface area contributed by atoms with E-state index in [-0.39, 0.29) is 33.5 Å². The summed E-state index contributed by atoms with van der Waals surface area (Å²) in [7, 11) is 0. The number of hydrogen-bond acceptors (Lipinski definition) is 4. The molecule has 208 valence electrons. The number of aliphatic hydroxyl groups is 1. The molecule has 0 radical (unpaired) electrons. The number of esters is 1. The summed E-state index contributed by atoms with van der Waals surface area (Å²) in [5.74, 6) is 0.823. The number of fused-ring (bicyclic) bond motifs is 7. The molecule has 5 nitrogen and oxygen atoms in total. The maximum absolute atomic E-state index is 12.9. The van der Waals surface area contributed by atoms with E-state index in [4.69, 9.17) is 4.74 Å². The van der Waals surface area contributed by atoms with Crippen molar-refractivity contribution in [2.45, 2.75) is 119 Å². The smallest absolute Gasteiger partial charge is 0.310 e. The van der Waals surface area contributed by atoms with Crippen molar-refractivity contribution >= 4 is 11.9 Å². The van der Waals surface area contributed by atoms with Gasteiger partial charge in [0.15, 0.2) is 0 Å². The zero-order valence-corrected chi connectivity index (χ0v) is 24.4. The van der Waals surface area contributed by atoms with Crippen LogP contribution >= 0.6 is 0 Å².